The predicted molar refractivity (Wildman–Crippen MR) is 207 cm³/mol. The molecule has 3 aromatic heterocycles. The molecule has 242 valence electrons. The summed E-state index contributed by atoms with van der Waals surface area (Å²) in [5.74, 6) is 0. The molecule has 0 saturated carbocycles. The third-order valence-corrected chi connectivity index (χ3v) is 10.3. The van der Waals surface area contributed by atoms with E-state index in [0.29, 0.717) is 16.7 Å². The summed E-state index contributed by atoms with van der Waals surface area (Å²) in [6.07, 6.45) is 0. The van der Waals surface area contributed by atoms with E-state index in [4.69, 9.17) is 4.42 Å². The van der Waals surface area contributed by atoms with Crippen LogP contribution in [0.4, 0.5) is 0 Å². The molecule has 7 heteroatoms. The van der Waals surface area contributed by atoms with Gasteiger partial charge in [-0.2, -0.15) is 21.0 Å². The van der Waals surface area contributed by atoms with Crippen LogP contribution < -0.4 is 0 Å². The molecule has 0 unspecified atom stereocenters. The standard InChI is InChI=1S/C46H22N6O/c47-23-33-35(25-49)46(52-39-15-7-3-11-31(39)44-40(52)21-22-42-45(44)32-12-4-8-16-41(32)53-42)36(26-50)34(24-48)43(33)27-17-19-28(20-18-27)51-37-13-5-1-9-29(37)30-10-2-6-14-38(30)51/h1-22H. The third-order valence-electron chi connectivity index (χ3n) is 10.3. The van der Waals surface area contributed by atoms with Crippen molar-refractivity contribution in [1.82, 2.24) is 9.13 Å². The van der Waals surface area contributed by atoms with Crippen molar-refractivity contribution in [2.24, 2.45) is 0 Å². The Labute approximate surface area is 301 Å². The van der Waals surface area contributed by atoms with E-state index in [-0.39, 0.29) is 33.5 Å². The van der Waals surface area contributed by atoms with Gasteiger partial charge in [0.05, 0.1) is 50.0 Å². The van der Waals surface area contributed by atoms with Gasteiger partial charge in [0.1, 0.15) is 35.4 Å². The van der Waals surface area contributed by atoms with Crippen LogP contribution in [0.2, 0.25) is 0 Å². The molecule has 3 heterocycles. The zero-order valence-corrected chi connectivity index (χ0v) is 27.8. The molecular weight excluding hydrogens is 653 g/mol. The molecule has 0 aliphatic rings. The average molecular weight is 675 g/mol. The van der Waals surface area contributed by atoms with Crippen LogP contribution in [-0.4, -0.2) is 9.13 Å². The van der Waals surface area contributed by atoms with E-state index in [2.05, 4.69) is 53.1 Å². The summed E-state index contributed by atoms with van der Waals surface area (Å²) in [4.78, 5) is 0. The van der Waals surface area contributed by atoms with E-state index in [9.17, 15) is 21.0 Å². The van der Waals surface area contributed by atoms with E-state index in [1.165, 1.54) is 0 Å². The quantitative estimate of drug-likeness (QED) is 0.185. The largest absolute Gasteiger partial charge is 0.456 e. The Hall–Kier alpha value is -8.10. The van der Waals surface area contributed by atoms with Crippen molar-refractivity contribution in [2.45, 2.75) is 0 Å². The Balaban J connectivity index is 1.25. The fourth-order valence-corrected chi connectivity index (χ4v) is 8.18. The van der Waals surface area contributed by atoms with Gasteiger partial charge in [0.25, 0.3) is 0 Å². The highest BCUT2D eigenvalue weighted by atomic mass is 16.3. The van der Waals surface area contributed by atoms with Gasteiger partial charge in [-0.3, -0.25) is 0 Å². The summed E-state index contributed by atoms with van der Waals surface area (Å²) < 4.78 is 10.2. The fraction of sp³-hybridized carbons (Fsp3) is 0. The Morgan fingerprint density at radius 2 is 0.906 bits per heavy atom. The number of hydrogen-bond acceptors (Lipinski definition) is 5. The smallest absolute Gasteiger partial charge is 0.136 e. The van der Waals surface area contributed by atoms with E-state index < -0.39 is 0 Å². The van der Waals surface area contributed by atoms with Crippen molar-refractivity contribution >= 4 is 65.6 Å². The first-order chi connectivity index (χ1) is 26.2. The van der Waals surface area contributed by atoms with Crippen LogP contribution in [0.5, 0.6) is 0 Å². The molecule has 7 nitrogen and oxygen atoms in total. The van der Waals surface area contributed by atoms with Gasteiger partial charge in [-0.25, -0.2) is 0 Å². The summed E-state index contributed by atoms with van der Waals surface area (Å²) in [5, 5.41) is 49.1. The number of para-hydroxylation sites is 4. The minimum absolute atomic E-state index is 0.0179. The van der Waals surface area contributed by atoms with Crippen molar-refractivity contribution in [3.8, 4) is 46.8 Å². The van der Waals surface area contributed by atoms with Crippen molar-refractivity contribution in [2.75, 3.05) is 0 Å². The van der Waals surface area contributed by atoms with Crippen LogP contribution in [0.1, 0.15) is 22.3 Å². The first-order valence-corrected chi connectivity index (χ1v) is 16.9. The second-order valence-electron chi connectivity index (χ2n) is 12.9. The molecule has 0 amide bonds. The normalized spacial score (nSPS) is 11.3. The molecule has 53 heavy (non-hydrogen) atoms. The fourth-order valence-electron chi connectivity index (χ4n) is 8.18. The molecule has 7 aromatic carbocycles. The number of benzene rings is 7. The molecular formula is C46H22N6O. The number of aromatic nitrogens is 2. The van der Waals surface area contributed by atoms with E-state index in [1.54, 1.807) is 0 Å². The first-order valence-electron chi connectivity index (χ1n) is 16.9. The summed E-state index contributed by atoms with van der Waals surface area (Å²) in [6, 6.07) is 52.5. The lowest BCUT2D eigenvalue weighted by Crippen LogP contribution is -2.08. The highest BCUT2D eigenvalue weighted by Crippen LogP contribution is 2.44. The summed E-state index contributed by atoms with van der Waals surface area (Å²) >= 11 is 0. The van der Waals surface area contributed by atoms with Gasteiger partial charge in [0.15, 0.2) is 0 Å². The highest BCUT2D eigenvalue weighted by Gasteiger charge is 2.29. The second kappa shape index (κ2) is 11.2. The summed E-state index contributed by atoms with van der Waals surface area (Å²) in [6.45, 7) is 0. The molecule has 0 spiro atoms. The average Bonchev–Trinajstić information content (AvgIpc) is 3.87. The summed E-state index contributed by atoms with van der Waals surface area (Å²) in [7, 11) is 0. The van der Waals surface area contributed by atoms with Gasteiger partial charge in [-0.15, -0.1) is 0 Å². The SMILES string of the molecule is N#Cc1c(C#N)c(-n2c3ccccc3c3c4c(ccc32)oc2ccccc24)c(C#N)c(C#N)c1-c1ccc(-n2c3ccccc3c3ccccc32)cc1. The molecule has 0 fully saturated rings. The third kappa shape index (κ3) is 3.99. The number of rotatable bonds is 3. The predicted octanol–water partition coefficient (Wildman–Crippen LogP) is 10.9. The maximum atomic E-state index is 10.9. The van der Waals surface area contributed by atoms with Crippen molar-refractivity contribution < 1.29 is 4.42 Å². The topological polar surface area (TPSA) is 118 Å². The van der Waals surface area contributed by atoms with Gasteiger partial charge in [0, 0.05) is 43.6 Å². The van der Waals surface area contributed by atoms with Gasteiger partial charge < -0.3 is 13.6 Å². The lowest BCUT2D eigenvalue weighted by atomic mass is 9.87. The van der Waals surface area contributed by atoms with Crippen LogP contribution in [0.25, 0.3) is 88.1 Å². The number of hydrogen-bond donors (Lipinski definition) is 0. The Morgan fingerprint density at radius 3 is 1.49 bits per heavy atom. The number of nitrogens with zero attached hydrogens (tertiary/aromatic N) is 6. The number of nitriles is 4. The molecule has 0 atom stereocenters. The first kappa shape index (κ1) is 29.8. The zero-order valence-electron chi connectivity index (χ0n) is 27.8. The molecule has 0 N–H and O–H groups in total. The molecule has 10 rings (SSSR count). The lowest BCUT2D eigenvalue weighted by molar-refractivity contribution is 0.669. The van der Waals surface area contributed by atoms with Crippen LogP contribution in [0.3, 0.4) is 0 Å². The van der Waals surface area contributed by atoms with Crippen molar-refractivity contribution in [3.05, 3.63) is 156 Å². The Morgan fingerprint density at radius 1 is 0.396 bits per heavy atom. The Kier molecular flexibility index (Phi) is 6.30. The van der Waals surface area contributed by atoms with Crippen LogP contribution >= 0.6 is 0 Å². The Bertz CT molecular complexity index is 3280. The maximum Gasteiger partial charge on any atom is 0.136 e. The molecule has 0 saturated heterocycles. The van der Waals surface area contributed by atoms with E-state index in [1.807, 2.05) is 114 Å². The van der Waals surface area contributed by atoms with Crippen LogP contribution in [0, 0.1) is 45.3 Å². The monoisotopic (exact) mass is 674 g/mol. The molecule has 0 bridgehead atoms. The molecule has 0 radical (unpaired) electrons. The highest BCUT2D eigenvalue weighted by molar-refractivity contribution is 6.27. The second-order valence-corrected chi connectivity index (χ2v) is 12.9. The minimum Gasteiger partial charge on any atom is -0.456 e. The molecule has 0 aliphatic carbocycles. The minimum atomic E-state index is 0.0179. The zero-order chi connectivity index (χ0) is 35.8. The van der Waals surface area contributed by atoms with Crippen LogP contribution in [-0.2, 0) is 0 Å². The van der Waals surface area contributed by atoms with Crippen molar-refractivity contribution in [3.63, 3.8) is 0 Å². The van der Waals surface area contributed by atoms with Gasteiger partial charge >= 0.3 is 0 Å². The van der Waals surface area contributed by atoms with E-state index in [0.717, 1.165) is 60.1 Å². The maximum absolute atomic E-state index is 10.9. The molecule has 0 aliphatic heterocycles. The molecule has 10 aromatic rings. The van der Waals surface area contributed by atoms with Crippen LogP contribution in [0.15, 0.2) is 138 Å². The van der Waals surface area contributed by atoms with E-state index >= 15 is 0 Å². The summed E-state index contributed by atoms with van der Waals surface area (Å²) in [5.41, 5.74) is 6.99. The number of furan rings is 1. The van der Waals surface area contributed by atoms with Gasteiger partial charge in [-0.1, -0.05) is 84.9 Å². The van der Waals surface area contributed by atoms with Gasteiger partial charge in [-0.05, 0) is 54.1 Å². The number of fused-ring (bicyclic) bond motifs is 10. The van der Waals surface area contributed by atoms with Crippen molar-refractivity contribution in [1.29, 1.82) is 21.0 Å². The van der Waals surface area contributed by atoms with Gasteiger partial charge in [0.2, 0.25) is 0 Å². The lowest BCUT2D eigenvalue weighted by Gasteiger charge is -2.18.